The fraction of sp³-hybridized carbons (Fsp3) is 0.621. The van der Waals surface area contributed by atoms with Crippen LogP contribution in [0.2, 0.25) is 0 Å². The van der Waals surface area contributed by atoms with E-state index in [0.29, 0.717) is 32.5 Å². The molecule has 1 fully saturated rings. The van der Waals surface area contributed by atoms with Crippen LogP contribution in [0.15, 0.2) is 24.4 Å². The lowest BCUT2D eigenvalue weighted by atomic mass is 10.0. The highest BCUT2D eigenvalue weighted by atomic mass is 19.1. The van der Waals surface area contributed by atoms with Crippen molar-refractivity contribution in [2.75, 3.05) is 26.2 Å². The second-order valence-electron chi connectivity index (χ2n) is 12.4. The van der Waals surface area contributed by atoms with Crippen molar-refractivity contribution in [1.29, 1.82) is 0 Å². The van der Waals surface area contributed by atoms with Gasteiger partial charge in [0.2, 0.25) is 11.8 Å². The van der Waals surface area contributed by atoms with Crippen LogP contribution in [0.5, 0.6) is 5.75 Å². The first-order valence-electron chi connectivity index (χ1n) is 14.0. The van der Waals surface area contributed by atoms with E-state index in [0.717, 1.165) is 11.8 Å². The summed E-state index contributed by atoms with van der Waals surface area (Å²) < 4.78 is 21.6. The van der Waals surface area contributed by atoms with E-state index in [1.54, 1.807) is 15.8 Å². The van der Waals surface area contributed by atoms with Gasteiger partial charge in [0.05, 0.1) is 17.8 Å². The highest BCUT2D eigenvalue weighted by molar-refractivity contribution is 5.99. The zero-order chi connectivity index (χ0) is 29.2. The van der Waals surface area contributed by atoms with Gasteiger partial charge in [-0.25, -0.2) is 9.07 Å². The van der Waals surface area contributed by atoms with Gasteiger partial charge in [0.1, 0.15) is 24.2 Å². The van der Waals surface area contributed by atoms with Gasteiger partial charge in [-0.15, -0.1) is 5.10 Å². The summed E-state index contributed by atoms with van der Waals surface area (Å²) >= 11 is 0. The number of rotatable bonds is 3. The Kier molecular flexibility index (Phi) is 8.51. The number of nitrogens with zero attached hydrogens (tertiary/aromatic N) is 4. The van der Waals surface area contributed by atoms with Crippen molar-refractivity contribution in [3.05, 3.63) is 41.5 Å². The number of halogens is 1. The molecule has 2 N–H and O–H groups in total. The predicted molar refractivity (Wildman–Crippen MR) is 147 cm³/mol. The maximum atomic E-state index is 14.1. The number of ether oxygens (including phenoxy) is 1. The molecule has 4 rings (SSSR count). The van der Waals surface area contributed by atoms with Gasteiger partial charge in [0, 0.05) is 38.2 Å². The van der Waals surface area contributed by atoms with Gasteiger partial charge in [-0.2, -0.15) is 0 Å². The summed E-state index contributed by atoms with van der Waals surface area (Å²) in [6.07, 6.45) is 2.71. The molecule has 1 aliphatic heterocycles. The Balaban J connectivity index is 1.58. The maximum Gasteiger partial charge on any atom is 0.255 e. The third kappa shape index (κ3) is 6.28. The second-order valence-corrected chi connectivity index (χ2v) is 12.4. The molecular weight excluding hydrogens is 515 g/mol. The van der Waals surface area contributed by atoms with Gasteiger partial charge in [-0.3, -0.25) is 14.4 Å². The maximum absolute atomic E-state index is 14.1. The standard InChI is InChI=1S/C29H41FN6O4/c1-18(2)15-22-26(38)31-10-12-35(27(39)24-28(3,4)29(24,5)6)11-9-20-17-36(34-33-20)13-14-40-23-8-7-19(30)16-21(23)25(37)32-22/h7-8,16-18,22,24H,9-15H2,1-6H3,(H,31,38)(H,32,37)/t22-/m1/s1. The minimum Gasteiger partial charge on any atom is -0.491 e. The number of carbonyl (C=O) groups excluding carboxylic acids is 3. The van der Waals surface area contributed by atoms with E-state index in [2.05, 4.69) is 48.6 Å². The van der Waals surface area contributed by atoms with Crippen LogP contribution < -0.4 is 15.4 Å². The molecule has 2 heterocycles. The van der Waals surface area contributed by atoms with E-state index >= 15 is 0 Å². The fourth-order valence-electron chi connectivity index (χ4n) is 5.57. The van der Waals surface area contributed by atoms with Gasteiger partial charge in [-0.05, 0) is 41.4 Å². The number of amides is 3. The first kappa shape index (κ1) is 29.5. The second kappa shape index (κ2) is 11.5. The van der Waals surface area contributed by atoms with E-state index in [1.807, 2.05) is 13.8 Å². The summed E-state index contributed by atoms with van der Waals surface area (Å²) in [5.41, 5.74) is 0.500. The van der Waals surface area contributed by atoms with Crippen molar-refractivity contribution in [2.45, 2.75) is 67.0 Å². The molecule has 1 aromatic carbocycles. The minimum atomic E-state index is -0.835. The van der Waals surface area contributed by atoms with Crippen LogP contribution in [0.4, 0.5) is 4.39 Å². The molecule has 2 aliphatic rings. The molecule has 0 saturated heterocycles. The lowest BCUT2D eigenvalue weighted by molar-refractivity contribution is -0.134. The number of carbonyl (C=O) groups is 3. The number of nitrogens with one attached hydrogen (secondary N) is 2. The van der Waals surface area contributed by atoms with Gasteiger partial charge in [0.25, 0.3) is 5.91 Å². The molecule has 11 heteroatoms. The summed E-state index contributed by atoms with van der Waals surface area (Å²) in [6.45, 7) is 13.9. The van der Waals surface area contributed by atoms with E-state index in [4.69, 9.17) is 4.74 Å². The number of fused-ring (bicyclic) bond motifs is 3. The monoisotopic (exact) mass is 556 g/mol. The number of aromatic nitrogens is 3. The molecule has 1 aromatic heterocycles. The Morgan fingerprint density at radius 3 is 2.55 bits per heavy atom. The Hall–Kier alpha value is -3.50. The molecular formula is C29H41FN6O4. The average molecular weight is 557 g/mol. The molecule has 40 heavy (non-hydrogen) atoms. The quantitative estimate of drug-likeness (QED) is 0.600. The van der Waals surface area contributed by atoms with E-state index in [-0.39, 0.29) is 58.9 Å². The largest absolute Gasteiger partial charge is 0.491 e. The lowest BCUT2D eigenvalue weighted by Crippen LogP contribution is -2.49. The zero-order valence-electron chi connectivity index (χ0n) is 24.3. The van der Waals surface area contributed by atoms with Crippen molar-refractivity contribution < 1.29 is 23.5 Å². The van der Waals surface area contributed by atoms with Crippen LogP contribution >= 0.6 is 0 Å². The van der Waals surface area contributed by atoms with Gasteiger partial charge in [-0.1, -0.05) is 46.8 Å². The number of hydrogen-bond donors (Lipinski definition) is 2. The van der Waals surface area contributed by atoms with Crippen molar-refractivity contribution >= 4 is 17.7 Å². The smallest absolute Gasteiger partial charge is 0.255 e. The molecule has 1 saturated carbocycles. The first-order chi connectivity index (χ1) is 18.8. The molecule has 1 atom stereocenters. The third-order valence-electron chi connectivity index (χ3n) is 8.58. The molecule has 2 bridgehead atoms. The molecule has 0 unspecified atom stereocenters. The molecule has 2 aromatic rings. The number of benzene rings is 1. The Labute approximate surface area is 235 Å². The van der Waals surface area contributed by atoms with Crippen molar-refractivity contribution in [1.82, 2.24) is 30.5 Å². The molecule has 0 radical (unpaired) electrons. The summed E-state index contributed by atoms with van der Waals surface area (Å²) in [5, 5.41) is 14.1. The van der Waals surface area contributed by atoms with E-state index in [9.17, 15) is 18.8 Å². The predicted octanol–water partition coefficient (Wildman–Crippen LogP) is 2.82. The highest BCUT2D eigenvalue weighted by Crippen LogP contribution is 2.68. The molecule has 10 nitrogen and oxygen atoms in total. The summed E-state index contributed by atoms with van der Waals surface area (Å²) in [6, 6.07) is 2.89. The number of hydrogen-bond acceptors (Lipinski definition) is 6. The summed E-state index contributed by atoms with van der Waals surface area (Å²) in [4.78, 5) is 41.9. The lowest BCUT2D eigenvalue weighted by Gasteiger charge is -2.25. The normalized spacial score (nSPS) is 21.9. The topological polar surface area (TPSA) is 118 Å². The van der Waals surface area contributed by atoms with E-state index in [1.165, 1.54) is 12.1 Å². The zero-order valence-corrected chi connectivity index (χ0v) is 24.3. The van der Waals surface area contributed by atoms with Crippen LogP contribution in [0.25, 0.3) is 0 Å². The van der Waals surface area contributed by atoms with Gasteiger partial charge < -0.3 is 20.3 Å². The first-order valence-corrected chi connectivity index (χ1v) is 14.0. The molecule has 218 valence electrons. The van der Waals surface area contributed by atoms with Crippen molar-refractivity contribution in [3.63, 3.8) is 0 Å². The van der Waals surface area contributed by atoms with Crippen molar-refractivity contribution in [3.8, 4) is 5.75 Å². The van der Waals surface area contributed by atoms with Crippen LogP contribution in [-0.2, 0) is 22.6 Å². The minimum absolute atomic E-state index is 0.00777. The van der Waals surface area contributed by atoms with Gasteiger partial charge in [0.15, 0.2) is 0 Å². The van der Waals surface area contributed by atoms with Crippen LogP contribution in [0, 0.1) is 28.5 Å². The third-order valence-corrected chi connectivity index (χ3v) is 8.58. The Morgan fingerprint density at radius 1 is 1.15 bits per heavy atom. The van der Waals surface area contributed by atoms with Crippen molar-refractivity contribution in [2.24, 2.45) is 22.7 Å². The fourth-order valence-corrected chi connectivity index (χ4v) is 5.57. The summed E-state index contributed by atoms with van der Waals surface area (Å²) in [5.74, 6) is -1.28. The molecule has 3 amide bonds. The van der Waals surface area contributed by atoms with Gasteiger partial charge >= 0.3 is 0 Å². The molecule has 0 spiro atoms. The molecule has 1 aliphatic carbocycles. The van der Waals surface area contributed by atoms with Crippen LogP contribution in [0.1, 0.15) is 64.0 Å². The van der Waals surface area contributed by atoms with E-state index < -0.39 is 17.8 Å². The van der Waals surface area contributed by atoms with Crippen LogP contribution in [-0.4, -0.2) is 69.9 Å². The SMILES string of the molecule is CC(C)C[C@H]1NC(=O)c2cc(F)ccc2OCCn2cc(nn2)CCN(C(=O)C2C(C)(C)C2(C)C)CCNC1=O. The highest BCUT2D eigenvalue weighted by Gasteiger charge is 2.68. The summed E-state index contributed by atoms with van der Waals surface area (Å²) in [7, 11) is 0. The Morgan fingerprint density at radius 2 is 1.88 bits per heavy atom. The average Bonchev–Trinajstić information content (AvgIpc) is 3.13. The Bertz CT molecular complexity index is 1240. The van der Waals surface area contributed by atoms with Crippen LogP contribution in [0.3, 0.4) is 0 Å².